The van der Waals surface area contributed by atoms with Crippen LogP contribution in [0.1, 0.15) is 48.3 Å². The van der Waals surface area contributed by atoms with Crippen LogP contribution in [0.4, 0.5) is 4.79 Å². The minimum atomic E-state index is -0.975. The summed E-state index contributed by atoms with van der Waals surface area (Å²) in [6.45, 7) is 5.92. The first kappa shape index (κ1) is 29.1. The lowest BCUT2D eigenvalue weighted by molar-refractivity contribution is -0.140. The Bertz CT molecular complexity index is 1390. The van der Waals surface area contributed by atoms with E-state index in [2.05, 4.69) is 46.4 Å². The first-order valence-corrected chi connectivity index (χ1v) is 14.4. The number of nitrogens with one attached hydrogen (secondary N) is 2. The van der Waals surface area contributed by atoms with Gasteiger partial charge in [0.05, 0.1) is 12.0 Å². The molecule has 0 saturated carbocycles. The van der Waals surface area contributed by atoms with E-state index in [0.29, 0.717) is 25.9 Å². The number of carboxylic acid groups (broad SMARTS) is 1. The molecular formula is C34H37N3O5. The van der Waals surface area contributed by atoms with E-state index in [4.69, 9.17) is 4.74 Å². The Hall–Kier alpha value is -4.43. The zero-order valence-electron chi connectivity index (χ0n) is 23.6. The molecule has 8 heteroatoms. The van der Waals surface area contributed by atoms with Crippen LogP contribution in [0.25, 0.3) is 11.1 Å². The Kier molecular flexibility index (Phi) is 9.03. The molecule has 1 atom stereocenters. The molecule has 3 aromatic rings. The minimum absolute atomic E-state index is 0.102. The molecule has 0 radical (unpaired) electrons. The van der Waals surface area contributed by atoms with Crippen LogP contribution in [0.5, 0.6) is 0 Å². The van der Waals surface area contributed by atoms with Crippen molar-refractivity contribution in [2.24, 2.45) is 0 Å². The predicted octanol–water partition coefficient (Wildman–Crippen LogP) is 5.10. The number of likely N-dealkylation sites (tertiary alicyclic amines) is 1. The highest BCUT2D eigenvalue weighted by molar-refractivity contribution is 5.87. The highest BCUT2D eigenvalue weighted by Gasteiger charge is 2.39. The van der Waals surface area contributed by atoms with Gasteiger partial charge >= 0.3 is 12.1 Å². The number of hydrogen-bond acceptors (Lipinski definition) is 5. The number of carbonyl (C=O) groups excluding carboxylic acids is 2. The number of benzene rings is 3. The Morgan fingerprint density at radius 3 is 2.14 bits per heavy atom. The number of alkyl carbamates (subject to hydrolysis) is 1. The molecule has 2 amide bonds. The number of aliphatic carboxylic acids is 1. The third-order valence-corrected chi connectivity index (χ3v) is 8.29. The smallest absolute Gasteiger partial charge is 0.407 e. The second kappa shape index (κ2) is 13.0. The maximum atomic E-state index is 13.4. The van der Waals surface area contributed by atoms with Crippen molar-refractivity contribution in [3.05, 3.63) is 108 Å². The summed E-state index contributed by atoms with van der Waals surface area (Å²) in [7, 11) is 0. The maximum absolute atomic E-state index is 13.4. The van der Waals surface area contributed by atoms with Gasteiger partial charge < -0.3 is 20.5 Å². The van der Waals surface area contributed by atoms with Crippen LogP contribution >= 0.6 is 0 Å². The Morgan fingerprint density at radius 2 is 1.55 bits per heavy atom. The quantitative estimate of drug-likeness (QED) is 0.279. The van der Waals surface area contributed by atoms with Gasteiger partial charge in [-0.1, -0.05) is 84.9 Å². The third-order valence-electron chi connectivity index (χ3n) is 8.29. The van der Waals surface area contributed by atoms with Gasteiger partial charge in [0, 0.05) is 25.6 Å². The van der Waals surface area contributed by atoms with Gasteiger partial charge in [-0.3, -0.25) is 14.5 Å². The van der Waals surface area contributed by atoms with E-state index < -0.39 is 29.6 Å². The van der Waals surface area contributed by atoms with E-state index >= 15 is 0 Å². The maximum Gasteiger partial charge on any atom is 0.407 e. The van der Waals surface area contributed by atoms with E-state index in [1.54, 1.807) is 6.08 Å². The van der Waals surface area contributed by atoms with Crippen LogP contribution in [0.2, 0.25) is 0 Å². The first-order chi connectivity index (χ1) is 20.4. The van der Waals surface area contributed by atoms with Crippen molar-refractivity contribution >= 4 is 18.0 Å². The lowest BCUT2D eigenvalue weighted by Gasteiger charge is -2.42. The molecule has 3 N–H and O–H groups in total. The molecule has 1 unspecified atom stereocenters. The average molecular weight is 568 g/mol. The molecule has 5 rings (SSSR count). The molecule has 1 saturated heterocycles. The van der Waals surface area contributed by atoms with Crippen LogP contribution in [-0.4, -0.2) is 59.3 Å². The number of carboxylic acids is 1. The molecule has 0 bridgehead atoms. The van der Waals surface area contributed by atoms with Crippen molar-refractivity contribution in [1.29, 1.82) is 0 Å². The molecule has 1 fully saturated rings. The molecule has 218 valence electrons. The summed E-state index contributed by atoms with van der Waals surface area (Å²) >= 11 is 0. The molecule has 1 aliphatic carbocycles. The largest absolute Gasteiger partial charge is 0.481 e. The van der Waals surface area contributed by atoms with Gasteiger partial charge in [0.25, 0.3) is 0 Å². The fourth-order valence-electron chi connectivity index (χ4n) is 6.15. The summed E-state index contributed by atoms with van der Waals surface area (Å²) in [5.74, 6) is -1.52. The highest BCUT2D eigenvalue weighted by atomic mass is 16.5. The minimum Gasteiger partial charge on any atom is -0.481 e. The third kappa shape index (κ3) is 6.71. The van der Waals surface area contributed by atoms with Crippen LogP contribution in [0.15, 0.2) is 91.5 Å². The Morgan fingerprint density at radius 1 is 0.952 bits per heavy atom. The number of ether oxygens (including phenoxy) is 1. The number of nitrogens with zero attached hydrogens (tertiary/aromatic N) is 1. The topological polar surface area (TPSA) is 108 Å². The number of fused-ring (bicyclic) bond motifs is 3. The van der Waals surface area contributed by atoms with Crippen molar-refractivity contribution < 1.29 is 24.2 Å². The number of rotatable bonds is 11. The van der Waals surface area contributed by atoms with Gasteiger partial charge in [-0.05, 0) is 47.1 Å². The average Bonchev–Trinajstić information content (AvgIpc) is 3.31. The SMILES string of the molecule is C=CCC(NC(=O)OCC1c2ccccc2-c2ccccc21)C(=O)NC1(CC(=O)O)CCN(Cc2ccccc2)CC1. The molecule has 8 nitrogen and oxygen atoms in total. The summed E-state index contributed by atoms with van der Waals surface area (Å²) in [6, 6.07) is 25.3. The van der Waals surface area contributed by atoms with Gasteiger partial charge in [0.2, 0.25) is 5.91 Å². The van der Waals surface area contributed by atoms with Crippen LogP contribution in [0.3, 0.4) is 0 Å². The van der Waals surface area contributed by atoms with Crippen LogP contribution < -0.4 is 10.6 Å². The van der Waals surface area contributed by atoms with Crippen LogP contribution in [-0.2, 0) is 20.9 Å². The zero-order chi connectivity index (χ0) is 29.5. The van der Waals surface area contributed by atoms with Crippen molar-refractivity contribution in [2.45, 2.75) is 49.7 Å². The van der Waals surface area contributed by atoms with Crippen molar-refractivity contribution in [2.75, 3.05) is 19.7 Å². The lowest BCUT2D eigenvalue weighted by atomic mass is 9.83. The second-order valence-corrected chi connectivity index (χ2v) is 11.1. The molecule has 42 heavy (non-hydrogen) atoms. The second-order valence-electron chi connectivity index (χ2n) is 11.1. The Balaban J connectivity index is 1.20. The summed E-state index contributed by atoms with van der Waals surface area (Å²) < 4.78 is 5.65. The zero-order valence-corrected chi connectivity index (χ0v) is 23.6. The van der Waals surface area contributed by atoms with E-state index in [1.165, 1.54) is 5.56 Å². The van der Waals surface area contributed by atoms with Gasteiger partial charge in [0.1, 0.15) is 12.6 Å². The number of hydrogen-bond donors (Lipinski definition) is 3. The molecule has 3 aromatic carbocycles. The van der Waals surface area contributed by atoms with Gasteiger partial charge in [-0.2, -0.15) is 0 Å². The standard InChI is InChI=1S/C34H37N3O5/c1-2-10-30(35-33(41)42-23-29-27-15-8-6-13-25(27)26-14-7-9-16-28(26)29)32(40)36-34(21-31(38)39)17-19-37(20-18-34)22-24-11-4-3-5-12-24/h2-9,11-16,29-30H,1,10,17-23H2,(H,35,41)(H,36,40)(H,38,39). The molecule has 0 aromatic heterocycles. The summed E-state index contributed by atoms with van der Waals surface area (Å²) in [4.78, 5) is 40.5. The fraction of sp³-hybridized carbons (Fsp3) is 0.324. The summed E-state index contributed by atoms with van der Waals surface area (Å²) in [5, 5.41) is 15.4. The monoisotopic (exact) mass is 567 g/mol. The van der Waals surface area contributed by atoms with E-state index in [-0.39, 0.29) is 25.4 Å². The lowest BCUT2D eigenvalue weighted by Crippen LogP contribution is -2.60. The normalized spacial score (nSPS) is 16.5. The van der Waals surface area contributed by atoms with E-state index in [1.807, 2.05) is 54.6 Å². The number of amides is 2. The first-order valence-electron chi connectivity index (χ1n) is 14.4. The van der Waals surface area contributed by atoms with Crippen molar-refractivity contribution in [1.82, 2.24) is 15.5 Å². The molecule has 1 heterocycles. The number of piperidine rings is 1. The van der Waals surface area contributed by atoms with Crippen LogP contribution in [0, 0.1) is 0 Å². The van der Waals surface area contributed by atoms with Crippen molar-refractivity contribution in [3.8, 4) is 11.1 Å². The van der Waals surface area contributed by atoms with Gasteiger partial charge in [-0.25, -0.2) is 4.79 Å². The highest BCUT2D eigenvalue weighted by Crippen LogP contribution is 2.44. The molecule has 1 aliphatic heterocycles. The summed E-state index contributed by atoms with van der Waals surface area (Å²) in [5.41, 5.74) is 4.74. The van der Waals surface area contributed by atoms with E-state index in [9.17, 15) is 19.5 Å². The van der Waals surface area contributed by atoms with E-state index in [0.717, 1.165) is 28.8 Å². The number of carbonyl (C=O) groups is 3. The van der Waals surface area contributed by atoms with Crippen molar-refractivity contribution in [3.63, 3.8) is 0 Å². The molecule has 2 aliphatic rings. The Labute approximate surface area is 246 Å². The fourth-order valence-corrected chi connectivity index (χ4v) is 6.15. The van der Waals surface area contributed by atoms with Gasteiger partial charge in [0.15, 0.2) is 0 Å². The molecular weight excluding hydrogens is 530 g/mol. The predicted molar refractivity (Wildman–Crippen MR) is 161 cm³/mol. The summed E-state index contributed by atoms with van der Waals surface area (Å²) in [6.07, 6.45) is 1.82. The van der Waals surface area contributed by atoms with Gasteiger partial charge in [-0.15, -0.1) is 6.58 Å². The molecule has 0 spiro atoms.